The lowest BCUT2D eigenvalue weighted by Gasteiger charge is -2.11. The van der Waals surface area contributed by atoms with Crippen LogP contribution in [0.25, 0.3) is 11.0 Å². The number of hydrogen-bond acceptors (Lipinski definition) is 5. The number of unbranched alkanes of at least 4 members (excludes halogenated alkanes) is 6. The van der Waals surface area contributed by atoms with Crippen LogP contribution in [0.1, 0.15) is 65.2 Å². The standard InChI is InChI=1S/C18H28N2O2S/c1-3-5-7-9-11-21-17-18(22-12-10-8-6-4-2)20-16-14-23-13-15(16)19-17/h13-14H,3-12H2,1-2H3. The first kappa shape index (κ1) is 18.0. The number of fused-ring (bicyclic) bond motifs is 1. The Kier molecular flexibility index (Phi) is 8.15. The second kappa shape index (κ2) is 10.4. The third kappa shape index (κ3) is 5.98. The van der Waals surface area contributed by atoms with Gasteiger partial charge in [-0.05, 0) is 12.8 Å². The molecule has 0 saturated heterocycles. The predicted octanol–water partition coefficient (Wildman–Crippen LogP) is 5.61. The largest absolute Gasteiger partial charge is 0.474 e. The summed E-state index contributed by atoms with van der Waals surface area (Å²) in [7, 11) is 0. The Hall–Kier alpha value is -1.36. The lowest BCUT2D eigenvalue weighted by molar-refractivity contribution is 0.244. The second-order valence-corrected chi connectivity index (χ2v) is 6.54. The molecule has 128 valence electrons. The quantitative estimate of drug-likeness (QED) is 0.473. The van der Waals surface area contributed by atoms with Crippen LogP contribution in [-0.2, 0) is 0 Å². The number of ether oxygens (including phenoxy) is 2. The van der Waals surface area contributed by atoms with E-state index in [-0.39, 0.29) is 0 Å². The van der Waals surface area contributed by atoms with E-state index in [0.717, 1.165) is 23.9 Å². The van der Waals surface area contributed by atoms with Crippen molar-refractivity contribution in [1.29, 1.82) is 0 Å². The van der Waals surface area contributed by atoms with Crippen LogP contribution in [0.15, 0.2) is 10.8 Å². The van der Waals surface area contributed by atoms with Gasteiger partial charge in [-0.25, -0.2) is 9.97 Å². The SMILES string of the molecule is CCCCCCOc1nc2cscc2nc1OCCCCCC. The molecule has 0 spiro atoms. The smallest absolute Gasteiger partial charge is 0.278 e. The summed E-state index contributed by atoms with van der Waals surface area (Å²) in [5, 5.41) is 3.99. The van der Waals surface area contributed by atoms with Crippen LogP contribution in [0.3, 0.4) is 0 Å². The van der Waals surface area contributed by atoms with Gasteiger partial charge in [0.15, 0.2) is 0 Å². The molecule has 0 atom stereocenters. The van der Waals surface area contributed by atoms with Crippen LogP contribution in [0.5, 0.6) is 11.8 Å². The number of thiophene rings is 1. The van der Waals surface area contributed by atoms with Crippen LogP contribution >= 0.6 is 11.3 Å². The molecule has 23 heavy (non-hydrogen) atoms. The molecule has 0 radical (unpaired) electrons. The maximum absolute atomic E-state index is 5.85. The molecule has 0 amide bonds. The van der Waals surface area contributed by atoms with Crippen LogP contribution in [-0.4, -0.2) is 23.2 Å². The van der Waals surface area contributed by atoms with Crippen LogP contribution in [0.4, 0.5) is 0 Å². The molecule has 0 unspecified atom stereocenters. The van der Waals surface area contributed by atoms with E-state index in [0.29, 0.717) is 25.0 Å². The maximum atomic E-state index is 5.85. The molecule has 5 heteroatoms. The molecule has 2 aromatic rings. The zero-order valence-corrected chi connectivity index (χ0v) is 15.2. The van der Waals surface area contributed by atoms with Crippen molar-refractivity contribution in [2.75, 3.05) is 13.2 Å². The van der Waals surface area contributed by atoms with E-state index < -0.39 is 0 Å². The zero-order valence-electron chi connectivity index (χ0n) is 14.3. The molecule has 4 nitrogen and oxygen atoms in total. The summed E-state index contributed by atoms with van der Waals surface area (Å²) in [5.41, 5.74) is 1.77. The van der Waals surface area contributed by atoms with Crippen molar-refractivity contribution >= 4 is 22.4 Å². The van der Waals surface area contributed by atoms with Crippen molar-refractivity contribution in [3.8, 4) is 11.8 Å². The van der Waals surface area contributed by atoms with Gasteiger partial charge in [-0.1, -0.05) is 52.4 Å². The lowest BCUT2D eigenvalue weighted by Crippen LogP contribution is -2.06. The minimum absolute atomic E-state index is 0.544. The van der Waals surface area contributed by atoms with Gasteiger partial charge in [-0.15, -0.1) is 11.3 Å². The Morgan fingerprint density at radius 1 is 0.739 bits per heavy atom. The van der Waals surface area contributed by atoms with Crippen molar-refractivity contribution in [2.45, 2.75) is 65.2 Å². The topological polar surface area (TPSA) is 44.2 Å². The highest BCUT2D eigenvalue weighted by Crippen LogP contribution is 2.28. The number of aromatic nitrogens is 2. The summed E-state index contributed by atoms with van der Waals surface area (Å²) in [6.07, 6.45) is 9.44. The molecule has 2 heterocycles. The van der Waals surface area contributed by atoms with Crippen LogP contribution < -0.4 is 9.47 Å². The molecule has 0 aliphatic rings. The van der Waals surface area contributed by atoms with E-state index in [4.69, 9.17) is 9.47 Å². The fraction of sp³-hybridized carbons (Fsp3) is 0.667. The van der Waals surface area contributed by atoms with E-state index in [1.807, 2.05) is 10.8 Å². The van der Waals surface area contributed by atoms with Gasteiger partial charge in [-0.3, -0.25) is 0 Å². The van der Waals surface area contributed by atoms with Crippen molar-refractivity contribution in [3.63, 3.8) is 0 Å². The summed E-state index contributed by atoms with van der Waals surface area (Å²) in [6.45, 7) is 5.77. The molecule has 0 aromatic carbocycles. The first-order chi connectivity index (χ1) is 11.3. The van der Waals surface area contributed by atoms with Gasteiger partial charge in [0.2, 0.25) is 0 Å². The monoisotopic (exact) mass is 336 g/mol. The maximum Gasteiger partial charge on any atom is 0.278 e. The Bertz CT molecular complexity index is 523. The average Bonchev–Trinajstić information content (AvgIpc) is 3.01. The molecule has 0 fully saturated rings. The number of hydrogen-bond donors (Lipinski definition) is 0. The summed E-state index contributed by atoms with van der Waals surface area (Å²) in [4.78, 5) is 9.14. The molecule has 2 aromatic heterocycles. The van der Waals surface area contributed by atoms with Crippen molar-refractivity contribution in [3.05, 3.63) is 10.8 Å². The summed E-state index contributed by atoms with van der Waals surface area (Å²) in [5.74, 6) is 1.09. The van der Waals surface area contributed by atoms with Crippen LogP contribution in [0.2, 0.25) is 0 Å². The summed E-state index contributed by atoms with van der Waals surface area (Å²) < 4.78 is 11.7. The van der Waals surface area contributed by atoms with Gasteiger partial charge in [0.05, 0.1) is 13.2 Å². The normalized spacial score (nSPS) is 11.0. The fourth-order valence-corrected chi connectivity index (χ4v) is 3.02. The average molecular weight is 337 g/mol. The zero-order chi connectivity index (χ0) is 16.3. The first-order valence-corrected chi connectivity index (χ1v) is 9.79. The molecular weight excluding hydrogens is 308 g/mol. The Balaban J connectivity index is 1.93. The third-order valence-corrected chi connectivity index (χ3v) is 4.44. The van der Waals surface area contributed by atoms with E-state index in [1.54, 1.807) is 11.3 Å². The minimum atomic E-state index is 0.544. The van der Waals surface area contributed by atoms with Crippen molar-refractivity contribution < 1.29 is 9.47 Å². The second-order valence-electron chi connectivity index (χ2n) is 5.79. The highest BCUT2D eigenvalue weighted by Gasteiger charge is 2.12. The van der Waals surface area contributed by atoms with E-state index >= 15 is 0 Å². The van der Waals surface area contributed by atoms with Gasteiger partial charge in [0, 0.05) is 10.8 Å². The van der Waals surface area contributed by atoms with Gasteiger partial charge in [0.1, 0.15) is 11.0 Å². The van der Waals surface area contributed by atoms with Crippen molar-refractivity contribution in [1.82, 2.24) is 9.97 Å². The predicted molar refractivity (Wildman–Crippen MR) is 96.7 cm³/mol. The van der Waals surface area contributed by atoms with Crippen molar-refractivity contribution in [2.24, 2.45) is 0 Å². The number of nitrogens with zero attached hydrogens (tertiary/aromatic N) is 2. The Morgan fingerprint density at radius 2 is 1.22 bits per heavy atom. The van der Waals surface area contributed by atoms with Gasteiger partial charge in [0.25, 0.3) is 11.8 Å². The van der Waals surface area contributed by atoms with Gasteiger partial charge in [-0.2, -0.15) is 0 Å². The highest BCUT2D eigenvalue weighted by atomic mass is 32.1. The van der Waals surface area contributed by atoms with Gasteiger partial charge >= 0.3 is 0 Å². The minimum Gasteiger partial charge on any atom is -0.474 e. The molecule has 0 aliphatic carbocycles. The molecule has 0 N–H and O–H groups in total. The third-order valence-electron chi connectivity index (χ3n) is 3.72. The Labute approximate surface area is 143 Å². The molecule has 0 saturated carbocycles. The molecule has 0 aliphatic heterocycles. The highest BCUT2D eigenvalue weighted by molar-refractivity contribution is 7.09. The van der Waals surface area contributed by atoms with E-state index in [2.05, 4.69) is 23.8 Å². The number of rotatable bonds is 12. The lowest BCUT2D eigenvalue weighted by atomic mass is 10.2. The summed E-state index contributed by atoms with van der Waals surface area (Å²) >= 11 is 1.60. The van der Waals surface area contributed by atoms with E-state index in [9.17, 15) is 0 Å². The first-order valence-electron chi connectivity index (χ1n) is 8.84. The van der Waals surface area contributed by atoms with Crippen LogP contribution in [0, 0.1) is 0 Å². The molecule has 2 rings (SSSR count). The van der Waals surface area contributed by atoms with Gasteiger partial charge < -0.3 is 9.47 Å². The molecule has 0 bridgehead atoms. The fourth-order valence-electron chi connectivity index (χ4n) is 2.35. The van der Waals surface area contributed by atoms with E-state index in [1.165, 1.54) is 38.5 Å². The Morgan fingerprint density at radius 3 is 1.65 bits per heavy atom. The molecular formula is C18H28N2O2S. The summed E-state index contributed by atoms with van der Waals surface area (Å²) in [6, 6.07) is 0.